The minimum Gasteiger partial charge on any atom is -0.471 e. The van der Waals surface area contributed by atoms with Crippen LogP contribution in [0, 0.1) is 6.92 Å². The quantitative estimate of drug-likeness (QED) is 0.847. The average molecular weight is 370 g/mol. The minimum absolute atomic E-state index is 0.0367. The standard InChI is InChI=1S/C20H26N4O3/c1-15-8-4-5-9-18(15)27-14-24-13-10-17(22-24)19(25)21-16(2)20(26)23-11-6-3-7-12-23/h4-5,8-10,13,16H,3,6-7,11-12,14H2,1-2H3,(H,21,25). The van der Waals surface area contributed by atoms with Gasteiger partial charge >= 0.3 is 0 Å². The molecule has 144 valence electrons. The summed E-state index contributed by atoms with van der Waals surface area (Å²) in [7, 11) is 0. The van der Waals surface area contributed by atoms with Crippen LogP contribution in [0.3, 0.4) is 0 Å². The Labute approximate surface area is 159 Å². The second-order valence-electron chi connectivity index (χ2n) is 6.86. The maximum atomic E-state index is 12.4. The Morgan fingerprint density at radius 3 is 2.67 bits per heavy atom. The second-order valence-corrected chi connectivity index (χ2v) is 6.86. The SMILES string of the molecule is Cc1ccccc1OCn1ccc(C(=O)NC(C)C(=O)N2CCCCC2)n1. The number of nitrogens with zero attached hydrogens (tertiary/aromatic N) is 3. The predicted molar refractivity (Wildman–Crippen MR) is 101 cm³/mol. The van der Waals surface area contributed by atoms with Gasteiger partial charge in [-0.25, -0.2) is 4.68 Å². The summed E-state index contributed by atoms with van der Waals surface area (Å²) in [4.78, 5) is 26.6. The monoisotopic (exact) mass is 370 g/mol. The van der Waals surface area contributed by atoms with E-state index in [-0.39, 0.29) is 24.2 Å². The Morgan fingerprint density at radius 1 is 1.19 bits per heavy atom. The van der Waals surface area contributed by atoms with Gasteiger partial charge in [-0.05, 0) is 50.8 Å². The number of likely N-dealkylation sites (tertiary alicyclic amines) is 1. The van der Waals surface area contributed by atoms with Crippen molar-refractivity contribution < 1.29 is 14.3 Å². The van der Waals surface area contributed by atoms with Crippen molar-refractivity contribution >= 4 is 11.8 Å². The van der Waals surface area contributed by atoms with Crippen LogP contribution in [0.4, 0.5) is 0 Å². The molecule has 3 rings (SSSR count). The highest BCUT2D eigenvalue weighted by Gasteiger charge is 2.24. The lowest BCUT2D eigenvalue weighted by Crippen LogP contribution is -2.48. The summed E-state index contributed by atoms with van der Waals surface area (Å²) in [6.45, 7) is 5.43. The van der Waals surface area contributed by atoms with E-state index in [1.165, 1.54) is 0 Å². The van der Waals surface area contributed by atoms with Crippen molar-refractivity contribution in [2.45, 2.75) is 45.9 Å². The molecule has 0 spiro atoms. The molecule has 1 saturated heterocycles. The first-order valence-electron chi connectivity index (χ1n) is 9.36. The van der Waals surface area contributed by atoms with Crippen LogP contribution in [0.2, 0.25) is 0 Å². The zero-order valence-electron chi connectivity index (χ0n) is 15.9. The van der Waals surface area contributed by atoms with Gasteiger partial charge in [0.25, 0.3) is 5.91 Å². The Balaban J connectivity index is 1.53. The molecule has 0 bridgehead atoms. The molecule has 1 unspecified atom stereocenters. The molecule has 27 heavy (non-hydrogen) atoms. The summed E-state index contributed by atoms with van der Waals surface area (Å²) in [6.07, 6.45) is 4.90. The van der Waals surface area contributed by atoms with Crippen molar-refractivity contribution in [2.24, 2.45) is 0 Å². The lowest BCUT2D eigenvalue weighted by Gasteiger charge is -2.29. The van der Waals surface area contributed by atoms with Gasteiger partial charge in [-0.3, -0.25) is 9.59 Å². The van der Waals surface area contributed by atoms with E-state index < -0.39 is 6.04 Å². The largest absolute Gasteiger partial charge is 0.471 e. The van der Waals surface area contributed by atoms with Gasteiger partial charge in [-0.15, -0.1) is 0 Å². The van der Waals surface area contributed by atoms with Crippen LogP contribution in [-0.4, -0.2) is 45.6 Å². The molecule has 1 aromatic heterocycles. The Morgan fingerprint density at radius 2 is 1.93 bits per heavy atom. The summed E-state index contributed by atoms with van der Waals surface area (Å²) >= 11 is 0. The summed E-state index contributed by atoms with van der Waals surface area (Å²) in [6, 6.07) is 8.77. The second kappa shape index (κ2) is 8.70. The lowest BCUT2D eigenvalue weighted by atomic mass is 10.1. The molecular weight excluding hydrogens is 344 g/mol. The number of carbonyl (C=O) groups is 2. The van der Waals surface area contributed by atoms with Gasteiger partial charge in [0, 0.05) is 19.3 Å². The van der Waals surface area contributed by atoms with Gasteiger partial charge in [-0.2, -0.15) is 5.10 Å². The molecule has 7 nitrogen and oxygen atoms in total. The van der Waals surface area contributed by atoms with Crippen LogP contribution in [-0.2, 0) is 11.5 Å². The number of hydrogen-bond donors (Lipinski definition) is 1. The van der Waals surface area contributed by atoms with E-state index in [1.807, 2.05) is 36.1 Å². The summed E-state index contributed by atoms with van der Waals surface area (Å²) in [5.74, 6) is 0.382. The zero-order chi connectivity index (χ0) is 19.2. The number of piperidine rings is 1. The number of carbonyl (C=O) groups excluding carboxylic acids is 2. The molecule has 0 saturated carbocycles. The summed E-state index contributed by atoms with van der Waals surface area (Å²) in [5.41, 5.74) is 1.30. The molecule has 1 aromatic carbocycles. The van der Waals surface area contributed by atoms with Gasteiger partial charge in [0.1, 0.15) is 17.5 Å². The van der Waals surface area contributed by atoms with Crippen molar-refractivity contribution in [2.75, 3.05) is 13.1 Å². The molecule has 0 radical (unpaired) electrons. The maximum Gasteiger partial charge on any atom is 0.272 e. The number of benzene rings is 1. The highest BCUT2D eigenvalue weighted by atomic mass is 16.5. The first-order chi connectivity index (χ1) is 13.0. The normalized spacial score (nSPS) is 15.3. The summed E-state index contributed by atoms with van der Waals surface area (Å²) < 4.78 is 7.28. The molecule has 1 fully saturated rings. The van der Waals surface area contributed by atoms with E-state index in [9.17, 15) is 9.59 Å². The van der Waals surface area contributed by atoms with Gasteiger partial charge in [0.15, 0.2) is 6.73 Å². The van der Waals surface area contributed by atoms with Crippen molar-refractivity contribution in [1.29, 1.82) is 0 Å². The third-order valence-electron chi connectivity index (χ3n) is 4.70. The highest BCUT2D eigenvalue weighted by molar-refractivity contribution is 5.95. The topological polar surface area (TPSA) is 76.5 Å². The van der Waals surface area contributed by atoms with Crippen LogP contribution in [0.1, 0.15) is 42.2 Å². The van der Waals surface area contributed by atoms with E-state index in [0.717, 1.165) is 43.7 Å². The van der Waals surface area contributed by atoms with Crippen LogP contribution in [0.25, 0.3) is 0 Å². The lowest BCUT2D eigenvalue weighted by molar-refractivity contribution is -0.133. The van der Waals surface area contributed by atoms with Crippen molar-refractivity contribution in [3.05, 3.63) is 47.8 Å². The van der Waals surface area contributed by atoms with Crippen molar-refractivity contribution in [3.63, 3.8) is 0 Å². The molecule has 2 aromatic rings. The number of aromatic nitrogens is 2. The van der Waals surface area contributed by atoms with E-state index in [0.29, 0.717) is 0 Å². The molecular formula is C20H26N4O3. The number of amides is 2. The molecule has 2 amide bonds. The average Bonchev–Trinajstić information content (AvgIpc) is 3.16. The fourth-order valence-corrected chi connectivity index (χ4v) is 3.13. The van der Waals surface area contributed by atoms with E-state index in [2.05, 4.69) is 10.4 Å². The maximum absolute atomic E-state index is 12.4. The van der Waals surface area contributed by atoms with Crippen LogP contribution in [0.5, 0.6) is 5.75 Å². The number of ether oxygens (including phenoxy) is 1. The van der Waals surface area contributed by atoms with Crippen LogP contribution in [0.15, 0.2) is 36.5 Å². The molecule has 7 heteroatoms. The van der Waals surface area contributed by atoms with E-state index in [4.69, 9.17) is 4.74 Å². The molecule has 1 aliphatic rings. The predicted octanol–water partition coefficient (Wildman–Crippen LogP) is 2.36. The number of nitrogens with one attached hydrogen (secondary N) is 1. The third-order valence-corrected chi connectivity index (χ3v) is 4.70. The smallest absolute Gasteiger partial charge is 0.272 e. The van der Waals surface area contributed by atoms with Gasteiger partial charge < -0.3 is 15.0 Å². The fourth-order valence-electron chi connectivity index (χ4n) is 3.13. The number of hydrogen-bond acceptors (Lipinski definition) is 4. The van der Waals surface area contributed by atoms with Crippen molar-refractivity contribution in [3.8, 4) is 5.75 Å². The Hall–Kier alpha value is -2.83. The third kappa shape index (κ3) is 4.87. The Kier molecular flexibility index (Phi) is 6.11. The molecule has 1 aliphatic heterocycles. The zero-order valence-corrected chi connectivity index (χ0v) is 15.9. The Bertz CT molecular complexity index is 796. The van der Waals surface area contributed by atoms with Gasteiger partial charge in [0.2, 0.25) is 5.91 Å². The molecule has 1 atom stereocenters. The number of para-hydroxylation sites is 1. The fraction of sp³-hybridized carbons (Fsp3) is 0.450. The van der Waals surface area contributed by atoms with Crippen molar-refractivity contribution in [1.82, 2.24) is 20.0 Å². The first kappa shape index (κ1) is 18.9. The highest BCUT2D eigenvalue weighted by Crippen LogP contribution is 2.16. The van der Waals surface area contributed by atoms with Gasteiger partial charge in [0.05, 0.1) is 0 Å². The molecule has 1 N–H and O–H groups in total. The minimum atomic E-state index is -0.566. The summed E-state index contributed by atoms with van der Waals surface area (Å²) in [5, 5.41) is 6.98. The molecule has 2 heterocycles. The van der Waals surface area contributed by atoms with Gasteiger partial charge in [-0.1, -0.05) is 18.2 Å². The van der Waals surface area contributed by atoms with Crippen LogP contribution >= 0.6 is 0 Å². The number of aryl methyl sites for hydroxylation is 1. The van der Waals surface area contributed by atoms with Crippen LogP contribution < -0.4 is 10.1 Å². The van der Waals surface area contributed by atoms with E-state index in [1.54, 1.807) is 23.9 Å². The van der Waals surface area contributed by atoms with E-state index >= 15 is 0 Å². The number of rotatable bonds is 6. The first-order valence-corrected chi connectivity index (χ1v) is 9.36. The molecule has 0 aliphatic carbocycles.